The first-order valence-corrected chi connectivity index (χ1v) is 12.3. The van der Waals surface area contributed by atoms with Gasteiger partial charge in [0, 0.05) is 44.1 Å². The number of para-hydroxylation sites is 1. The van der Waals surface area contributed by atoms with E-state index in [1.807, 2.05) is 0 Å². The Morgan fingerprint density at radius 2 is 1.77 bits per heavy atom. The fourth-order valence-electron chi connectivity index (χ4n) is 3.96. The zero-order chi connectivity index (χ0) is 28.6. The van der Waals surface area contributed by atoms with Crippen LogP contribution in [0.25, 0.3) is 10.9 Å². The van der Waals surface area contributed by atoms with Crippen LogP contribution in [0.4, 0.5) is 18.0 Å². The molecule has 0 aliphatic carbocycles. The van der Waals surface area contributed by atoms with E-state index in [1.165, 1.54) is 15.9 Å². The number of amides is 3. The molecule has 2 aromatic rings. The van der Waals surface area contributed by atoms with Gasteiger partial charge in [0.05, 0.1) is 25.2 Å². The van der Waals surface area contributed by atoms with Gasteiger partial charge in [-0.3, -0.25) is 14.4 Å². The average Bonchev–Trinajstić information content (AvgIpc) is 2.89. The van der Waals surface area contributed by atoms with Crippen LogP contribution in [-0.4, -0.2) is 95.4 Å². The number of hydrogen-bond acceptors (Lipinski definition) is 7. The number of carboxylic acid groups (broad SMARTS) is 1. The summed E-state index contributed by atoms with van der Waals surface area (Å²) in [6.07, 6.45) is -6.74. The van der Waals surface area contributed by atoms with Gasteiger partial charge >= 0.3 is 18.2 Å². The molecule has 3 amide bonds. The lowest BCUT2D eigenvalue weighted by molar-refractivity contribution is -0.140. The number of carboxylic acids is 1. The Hall–Kier alpha value is -4.10. The zero-order valence-electron chi connectivity index (χ0n) is 21.2. The van der Waals surface area contributed by atoms with Crippen molar-refractivity contribution in [2.24, 2.45) is 0 Å². The summed E-state index contributed by atoms with van der Waals surface area (Å²) in [6, 6.07) is 6.38. The number of fused-ring (bicyclic) bond motifs is 1. The number of rotatable bonds is 10. The van der Waals surface area contributed by atoms with Crippen molar-refractivity contribution in [2.45, 2.75) is 38.4 Å². The Kier molecular flexibility index (Phi) is 9.90. The molecule has 3 rings (SSSR count). The number of aliphatic carboxylic acids is 1. The highest BCUT2D eigenvalue weighted by molar-refractivity contribution is 5.99. The maximum absolute atomic E-state index is 13.2. The third-order valence-electron chi connectivity index (χ3n) is 5.92. The number of nitrogens with zero attached hydrogens (tertiary/aromatic N) is 3. The number of nitrogens with one attached hydrogen (secondary N) is 1. The molecular weight excluding hydrogens is 525 g/mol. The molecular formula is C25H29F3N4O7. The number of pyridine rings is 1. The van der Waals surface area contributed by atoms with Crippen LogP contribution in [0.1, 0.15) is 36.7 Å². The third-order valence-corrected chi connectivity index (χ3v) is 5.92. The highest BCUT2D eigenvalue weighted by Gasteiger charge is 2.31. The Bertz CT molecular complexity index is 1200. The topological polar surface area (TPSA) is 138 Å². The van der Waals surface area contributed by atoms with E-state index in [4.69, 9.17) is 14.6 Å². The first kappa shape index (κ1) is 29.5. The van der Waals surface area contributed by atoms with E-state index < -0.39 is 55.5 Å². The molecule has 1 fully saturated rings. The molecule has 1 unspecified atom stereocenters. The molecule has 1 aromatic carbocycles. The maximum atomic E-state index is 13.2. The van der Waals surface area contributed by atoms with Gasteiger partial charge in [-0.2, -0.15) is 13.2 Å². The Balaban J connectivity index is 1.77. The second-order valence-corrected chi connectivity index (χ2v) is 8.71. The summed E-state index contributed by atoms with van der Waals surface area (Å²) in [5.41, 5.74) is 0.0756. The van der Waals surface area contributed by atoms with Crippen molar-refractivity contribution in [3.8, 4) is 5.75 Å². The van der Waals surface area contributed by atoms with Crippen LogP contribution in [0.3, 0.4) is 0 Å². The summed E-state index contributed by atoms with van der Waals surface area (Å²) in [5, 5.41) is 12.1. The van der Waals surface area contributed by atoms with Crippen molar-refractivity contribution < 1.29 is 46.9 Å². The average molecular weight is 555 g/mol. The lowest BCUT2D eigenvalue weighted by Crippen LogP contribution is -2.56. The predicted molar refractivity (Wildman–Crippen MR) is 131 cm³/mol. The van der Waals surface area contributed by atoms with Crippen LogP contribution >= 0.6 is 0 Å². The minimum atomic E-state index is -4.43. The molecule has 0 spiro atoms. The summed E-state index contributed by atoms with van der Waals surface area (Å²) in [4.78, 5) is 56.6. The molecule has 2 N–H and O–H groups in total. The minimum Gasteiger partial charge on any atom is -0.492 e. The molecule has 1 aliphatic heterocycles. The second-order valence-electron chi connectivity index (χ2n) is 8.71. The van der Waals surface area contributed by atoms with Crippen molar-refractivity contribution >= 4 is 34.8 Å². The summed E-state index contributed by atoms with van der Waals surface area (Å²) < 4.78 is 48.1. The van der Waals surface area contributed by atoms with Crippen molar-refractivity contribution in [3.05, 3.63) is 36.0 Å². The van der Waals surface area contributed by atoms with Crippen LogP contribution in [0.15, 0.2) is 30.3 Å². The van der Waals surface area contributed by atoms with Crippen LogP contribution < -0.4 is 10.1 Å². The summed E-state index contributed by atoms with van der Waals surface area (Å²) in [7, 11) is 0. The number of piperazine rings is 1. The third kappa shape index (κ3) is 8.45. The molecule has 1 aromatic heterocycles. The monoisotopic (exact) mass is 554 g/mol. The second kappa shape index (κ2) is 13.1. The fourth-order valence-corrected chi connectivity index (χ4v) is 3.96. The number of hydrogen-bond donors (Lipinski definition) is 2. The number of carbonyl (C=O) groups excluding carboxylic acids is 3. The van der Waals surface area contributed by atoms with Crippen LogP contribution in [0.2, 0.25) is 0 Å². The van der Waals surface area contributed by atoms with Gasteiger partial charge in [0.25, 0.3) is 5.91 Å². The smallest absolute Gasteiger partial charge is 0.409 e. The van der Waals surface area contributed by atoms with E-state index in [2.05, 4.69) is 10.3 Å². The predicted octanol–water partition coefficient (Wildman–Crippen LogP) is 2.83. The quantitative estimate of drug-likeness (QED) is 0.457. The SMILES string of the molecule is CCOC(=O)N1CCN(C(=O)C(CCC(=O)O)NC(=O)c2cc(OCCC(F)(F)F)c3ccccc3n2)CC1. The van der Waals surface area contributed by atoms with E-state index in [0.717, 1.165) is 0 Å². The molecule has 2 heterocycles. The number of carbonyl (C=O) groups is 4. The van der Waals surface area contributed by atoms with Gasteiger partial charge in [-0.15, -0.1) is 0 Å². The molecule has 39 heavy (non-hydrogen) atoms. The first-order valence-electron chi connectivity index (χ1n) is 12.3. The first-order chi connectivity index (χ1) is 18.5. The highest BCUT2D eigenvalue weighted by atomic mass is 19.4. The molecule has 0 bridgehead atoms. The van der Waals surface area contributed by atoms with Gasteiger partial charge in [-0.1, -0.05) is 12.1 Å². The van der Waals surface area contributed by atoms with Gasteiger partial charge in [0.15, 0.2) is 0 Å². The molecule has 1 saturated heterocycles. The van der Waals surface area contributed by atoms with Gasteiger partial charge in [-0.25, -0.2) is 9.78 Å². The number of aromatic nitrogens is 1. The lowest BCUT2D eigenvalue weighted by Gasteiger charge is -2.35. The molecule has 212 valence electrons. The van der Waals surface area contributed by atoms with E-state index in [0.29, 0.717) is 5.39 Å². The van der Waals surface area contributed by atoms with E-state index in [1.54, 1.807) is 31.2 Å². The van der Waals surface area contributed by atoms with Crippen molar-refractivity contribution in [1.29, 1.82) is 0 Å². The summed E-state index contributed by atoms with van der Waals surface area (Å²) in [6.45, 7) is 1.93. The Morgan fingerprint density at radius 1 is 1.10 bits per heavy atom. The largest absolute Gasteiger partial charge is 0.492 e. The summed E-state index contributed by atoms with van der Waals surface area (Å²) in [5.74, 6) is -2.51. The summed E-state index contributed by atoms with van der Waals surface area (Å²) >= 11 is 0. The standard InChI is InChI=1S/C25H29F3N4O7/c1-2-38-24(37)32-12-10-31(11-13-32)23(36)18(7-8-21(33)34)30-22(35)19-15-20(39-14-9-25(26,27)28)16-5-3-4-6-17(16)29-19/h3-6,15,18H,2,7-14H2,1H3,(H,30,35)(H,33,34). The highest BCUT2D eigenvalue weighted by Crippen LogP contribution is 2.27. The molecule has 14 heteroatoms. The van der Waals surface area contributed by atoms with Gasteiger partial charge in [0.2, 0.25) is 5.91 Å². The Labute approximate surface area is 221 Å². The number of halogens is 3. The number of benzene rings is 1. The molecule has 1 atom stereocenters. The lowest BCUT2D eigenvalue weighted by atomic mass is 10.1. The fraction of sp³-hybridized carbons (Fsp3) is 0.480. The van der Waals surface area contributed by atoms with E-state index in [9.17, 15) is 32.3 Å². The van der Waals surface area contributed by atoms with Crippen LogP contribution in [0.5, 0.6) is 5.75 Å². The Morgan fingerprint density at radius 3 is 2.41 bits per heavy atom. The van der Waals surface area contributed by atoms with Crippen molar-refractivity contribution in [2.75, 3.05) is 39.4 Å². The molecule has 0 saturated carbocycles. The number of ether oxygens (including phenoxy) is 2. The zero-order valence-corrected chi connectivity index (χ0v) is 21.2. The van der Waals surface area contributed by atoms with Crippen LogP contribution in [-0.2, 0) is 14.3 Å². The maximum Gasteiger partial charge on any atom is 0.409 e. The normalized spacial score (nSPS) is 14.6. The van der Waals surface area contributed by atoms with E-state index in [-0.39, 0.29) is 56.2 Å². The van der Waals surface area contributed by atoms with Gasteiger partial charge in [0.1, 0.15) is 17.5 Å². The minimum absolute atomic E-state index is 0.0125. The molecule has 0 radical (unpaired) electrons. The number of alkyl halides is 3. The van der Waals surface area contributed by atoms with E-state index >= 15 is 0 Å². The van der Waals surface area contributed by atoms with Gasteiger partial charge in [-0.05, 0) is 25.5 Å². The van der Waals surface area contributed by atoms with Crippen LogP contribution in [0, 0.1) is 0 Å². The van der Waals surface area contributed by atoms with Crippen molar-refractivity contribution in [3.63, 3.8) is 0 Å². The molecule has 11 nitrogen and oxygen atoms in total. The molecule has 1 aliphatic rings. The van der Waals surface area contributed by atoms with Gasteiger partial charge < -0.3 is 29.7 Å². The van der Waals surface area contributed by atoms with Crippen molar-refractivity contribution in [1.82, 2.24) is 20.1 Å².